The third kappa shape index (κ3) is 4.36. The molecule has 1 fully saturated rings. The summed E-state index contributed by atoms with van der Waals surface area (Å²) in [5.74, 6) is -2.83. The molecule has 1 aliphatic rings. The third-order valence-electron chi connectivity index (χ3n) is 4.54. The lowest BCUT2D eigenvalue weighted by atomic mass is 10.1. The second kappa shape index (κ2) is 8.29. The molecule has 1 atom stereocenters. The summed E-state index contributed by atoms with van der Waals surface area (Å²) in [5.41, 5.74) is -2.12. The molecule has 0 aliphatic carbocycles. The Kier molecular flexibility index (Phi) is 5.81. The van der Waals surface area contributed by atoms with Gasteiger partial charge in [-0.2, -0.15) is 0 Å². The molecule has 1 aromatic carbocycles. The SMILES string of the molecule is COC(=O)[C@@]1(F)CCN(C(=O)c2nccnc2C(=O)NCc2ccc(F)cc2)C1. The molecule has 0 saturated carbocycles. The number of esters is 1. The van der Waals surface area contributed by atoms with Gasteiger partial charge in [-0.05, 0) is 17.7 Å². The first-order chi connectivity index (χ1) is 13.8. The second-order valence-corrected chi connectivity index (χ2v) is 6.50. The van der Waals surface area contributed by atoms with E-state index < -0.39 is 35.8 Å². The van der Waals surface area contributed by atoms with Crippen molar-refractivity contribution in [2.24, 2.45) is 0 Å². The Labute approximate surface area is 164 Å². The Balaban J connectivity index is 1.73. The number of halogens is 2. The van der Waals surface area contributed by atoms with Gasteiger partial charge >= 0.3 is 5.97 Å². The first kappa shape index (κ1) is 20.3. The van der Waals surface area contributed by atoms with Gasteiger partial charge in [0.2, 0.25) is 5.67 Å². The molecule has 1 N–H and O–H groups in total. The number of amides is 2. The van der Waals surface area contributed by atoms with E-state index in [9.17, 15) is 23.2 Å². The zero-order valence-electron chi connectivity index (χ0n) is 15.5. The average molecular weight is 404 g/mol. The topological polar surface area (TPSA) is 101 Å². The van der Waals surface area contributed by atoms with Crippen LogP contribution in [0.25, 0.3) is 0 Å². The maximum atomic E-state index is 14.6. The standard InChI is InChI=1S/C19H18F2N4O4/c1-29-18(28)19(21)6-9-25(11-19)17(27)15-14(22-7-8-23-15)16(26)24-10-12-2-4-13(20)5-3-12/h2-5,7-8H,6,9-11H2,1H3,(H,24,26)/t19-/m1/s1. The minimum Gasteiger partial charge on any atom is -0.467 e. The fourth-order valence-electron chi connectivity index (χ4n) is 2.97. The second-order valence-electron chi connectivity index (χ2n) is 6.50. The van der Waals surface area contributed by atoms with E-state index >= 15 is 0 Å². The monoisotopic (exact) mass is 404 g/mol. The van der Waals surface area contributed by atoms with Crippen LogP contribution in [-0.4, -0.2) is 58.5 Å². The first-order valence-electron chi connectivity index (χ1n) is 8.74. The molecule has 10 heteroatoms. The molecule has 0 spiro atoms. The van der Waals surface area contributed by atoms with Crippen molar-refractivity contribution >= 4 is 17.8 Å². The van der Waals surface area contributed by atoms with Gasteiger partial charge in [-0.15, -0.1) is 0 Å². The smallest absolute Gasteiger partial charge is 0.345 e. The fraction of sp³-hybridized carbons (Fsp3) is 0.316. The molecule has 1 aromatic heterocycles. The van der Waals surface area contributed by atoms with Crippen LogP contribution in [0.2, 0.25) is 0 Å². The molecule has 29 heavy (non-hydrogen) atoms. The van der Waals surface area contributed by atoms with E-state index in [1.807, 2.05) is 0 Å². The average Bonchev–Trinajstić information content (AvgIpc) is 3.15. The zero-order chi connectivity index (χ0) is 21.0. The van der Waals surface area contributed by atoms with Crippen molar-refractivity contribution in [2.45, 2.75) is 18.6 Å². The van der Waals surface area contributed by atoms with Gasteiger partial charge in [0, 0.05) is 31.9 Å². The van der Waals surface area contributed by atoms with E-state index in [-0.39, 0.29) is 30.9 Å². The maximum absolute atomic E-state index is 14.6. The summed E-state index contributed by atoms with van der Waals surface area (Å²) in [7, 11) is 1.07. The molecule has 3 rings (SSSR count). The van der Waals surface area contributed by atoms with Crippen LogP contribution in [-0.2, 0) is 16.1 Å². The lowest BCUT2D eigenvalue weighted by molar-refractivity contribution is -0.153. The van der Waals surface area contributed by atoms with Crippen LogP contribution in [0.1, 0.15) is 33.0 Å². The Hall–Kier alpha value is -3.43. The number of nitrogens with zero attached hydrogens (tertiary/aromatic N) is 3. The number of carbonyl (C=O) groups excluding carboxylic acids is 3. The highest BCUT2D eigenvalue weighted by atomic mass is 19.1. The van der Waals surface area contributed by atoms with Gasteiger partial charge in [-0.25, -0.2) is 23.5 Å². The summed E-state index contributed by atoms with van der Waals surface area (Å²) in [6.45, 7) is -0.438. The molecule has 2 amide bonds. The molecule has 8 nitrogen and oxygen atoms in total. The Morgan fingerprint density at radius 2 is 1.83 bits per heavy atom. The predicted octanol–water partition coefficient (Wildman–Crippen LogP) is 1.27. The molecule has 1 aliphatic heterocycles. The van der Waals surface area contributed by atoms with E-state index in [1.54, 1.807) is 0 Å². The lowest BCUT2D eigenvalue weighted by Gasteiger charge is -2.19. The number of hydrogen-bond donors (Lipinski definition) is 1. The number of hydrogen-bond acceptors (Lipinski definition) is 6. The van der Waals surface area contributed by atoms with Gasteiger partial charge in [0.1, 0.15) is 5.82 Å². The number of methoxy groups -OCH3 is 1. The molecular formula is C19H18F2N4O4. The van der Waals surface area contributed by atoms with Crippen molar-refractivity contribution < 1.29 is 27.9 Å². The maximum Gasteiger partial charge on any atom is 0.345 e. The molecule has 2 aromatic rings. The largest absolute Gasteiger partial charge is 0.467 e. The molecule has 1 saturated heterocycles. The summed E-state index contributed by atoms with van der Waals surface area (Å²) < 4.78 is 32.0. The summed E-state index contributed by atoms with van der Waals surface area (Å²) >= 11 is 0. The van der Waals surface area contributed by atoms with Crippen molar-refractivity contribution in [2.75, 3.05) is 20.2 Å². The molecule has 0 radical (unpaired) electrons. The number of likely N-dealkylation sites (tertiary alicyclic amines) is 1. The van der Waals surface area contributed by atoms with Crippen LogP contribution in [0.15, 0.2) is 36.7 Å². The van der Waals surface area contributed by atoms with Crippen LogP contribution in [0.3, 0.4) is 0 Å². The fourth-order valence-corrected chi connectivity index (χ4v) is 2.97. The first-order valence-corrected chi connectivity index (χ1v) is 8.74. The van der Waals surface area contributed by atoms with Crippen molar-refractivity contribution in [3.05, 3.63) is 59.4 Å². The summed E-state index contributed by atoms with van der Waals surface area (Å²) in [6, 6.07) is 5.54. The van der Waals surface area contributed by atoms with Crippen LogP contribution < -0.4 is 5.32 Å². The summed E-state index contributed by atoms with van der Waals surface area (Å²) in [5, 5.41) is 2.58. The minimum atomic E-state index is -2.29. The molecule has 0 unspecified atom stereocenters. The van der Waals surface area contributed by atoms with Gasteiger partial charge in [0.15, 0.2) is 11.4 Å². The quantitative estimate of drug-likeness (QED) is 0.754. The van der Waals surface area contributed by atoms with Crippen LogP contribution in [0.5, 0.6) is 0 Å². The highest BCUT2D eigenvalue weighted by Crippen LogP contribution is 2.28. The Morgan fingerprint density at radius 3 is 2.48 bits per heavy atom. The van der Waals surface area contributed by atoms with Crippen molar-refractivity contribution in [1.82, 2.24) is 20.2 Å². The van der Waals surface area contributed by atoms with Crippen molar-refractivity contribution in [3.63, 3.8) is 0 Å². The molecule has 0 bridgehead atoms. The third-order valence-corrected chi connectivity index (χ3v) is 4.54. The van der Waals surface area contributed by atoms with E-state index in [1.165, 1.54) is 36.7 Å². The van der Waals surface area contributed by atoms with Gasteiger partial charge in [-0.3, -0.25) is 9.59 Å². The minimum absolute atomic E-state index is 0.0301. The van der Waals surface area contributed by atoms with E-state index in [0.29, 0.717) is 5.56 Å². The number of carbonyl (C=O) groups is 3. The highest BCUT2D eigenvalue weighted by Gasteiger charge is 2.48. The van der Waals surface area contributed by atoms with Crippen LogP contribution >= 0.6 is 0 Å². The van der Waals surface area contributed by atoms with Crippen molar-refractivity contribution in [1.29, 1.82) is 0 Å². The number of alkyl halides is 1. The lowest BCUT2D eigenvalue weighted by Crippen LogP contribution is -2.40. The van der Waals surface area contributed by atoms with E-state index in [4.69, 9.17) is 0 Å². The predicted molar refractivity (Wildman–Crippen MR) is 96.0 cm³/mol. The van der Waals surface area contributed by atoms with E-state index in [0.717, 1.165) is 12.0 Å². The van der Waals surface area contributed by atoms with E-state index in [2.05, 4.69) is 20.0 Å². The number of rotatable bonds is 5. The molecule has 152 valence electrons. The number of benzene rings is 1. The number of nitrogens with one attached hydrogen (secondary N) is 1. The number of ether oxygens (including phenoxy) is 1. The highest BCUT2D eigenvalue weighted by molar-refractivity contribution is 6.04. The van der Waals surface area contributed by atoms with Gasteiger partial charge in [0.05, 0.1) is 13.7 Å². The Bertz CT molecular complexity index is 938. The van der Waals surface area contributed by atoms with Crippen molar-refractivity contribution in [3.8, 4) is 0 Å². The molecular weight excluding hydrogens is 386 g/mol. The summed E-state index contributed by atoms with van der Waals surface area (Å²) in [4.78, 5) is 45.8. The van der Waals surface area contributed by atoms with Crippen LogP contribution in [0, 0.1) is 5.82 Å². The molecule has 2 heterocycles. The Morgan fingerprint density at radius 1 is 1.17 bits per heavy atom. The normalized spacial score (nSPS) is 18.4. The number of aromatic nitrogens is 2. The van der Waals surface area contributed by atoms with Gasteiger partial charge < -0.3 is 15.0 Å². The van der Waals surface area contributed by atoms with Crippen LogP contribution in [0.4, 0.5) is 8.78 Å². The summed E-state index contributed by atoms with van der Waals surface area (Å²) in [6.07, 6.45) is 2.28. The van der Waals surface area contributed by atoms with Gasteiger partial charge in [-0.1, -0.05) is 12.1 Å². The zero-order valence-corrected chi connectivity index (χ0v) is 15.5. The van der Waals surface area contributed by atoms with Gasteiger partial charge in [0.25, 0.3) is 11.8 Å².